The van der Waals surface area contributed by atoms with Gasteiger partial charge in [-0.3, -0.25) is 14.7 Å². The maximum atomic E-state index is 12.7. The number of benzene rings is 2. The number of amides is 1. The normalized spacial score (nSPS) is 15.1. The van der Waals surface area contributed by atoms with Crippen LogP contribution in [0.25, 0.3) is 11.0 Å². The molecular weight excluding hydrogens is 328 g/mol. The molecule has 1 amide bonds. The van der Waals surface area contributed by atoms with Gasteiger partial charge in [-0.25, -0.2) is 4.98 Å². The number of ether oxygens (including phenoxy) is 1. The molecule has 1 aliphatic rings. The van der Waals surface area contributed by atoms with Crippen LogP contribution in [0.15, 0.2) is 54.7 Å². The molecule has 3 aromatic rings. The van der Waals surface area contributed by atoms with Gasteiger partial charge in [-0.1, -0.05) is 30.3 Å². The van der Waals surface area contributed by atoms with E-state index >= 15 is 0 Å². The smallest absolute Gasteiger partial charge is 0.275 e. The first kappa shape index (κ1) is 16.6. The minimum Gasteiger partial charge on any atom is -0.379 e. The second kappa shape index (κ2) is 7.59. The summed E-state index contributed by atoms with van der Waals surface area (Å²) < 4.78 is 5.40. The zero-order valence-corrected chi connectivity index (χ0v) is 14.4. The molecule has 0 saturated carbocycles. The minimum absolute atomic E-state index is 0.252. The van der Waals surface area contributed by atoms with Gasteiger partial charge >= 0.3 is 0 Å². The van der Waals surface area contributed by atoms with E-state index in [1.165, 1.54) is 6.20 Å². The van der Waals surface area contributed by atoms with Crippen molar-refractivity contribution in [1.29, 1.82) is 0 Å². The van der Waals surface area contributed by atoms with Gasteiger partial charge in [0.25, 0.3) is 5.91 Å². The summed E-state index contributed by atoms with van der Waals surface area (Å²) in [6.45, 7) is 4.09. The Morgan fingerprint density at radius 1 is 1.04 bits per heavy atom. The van der Waals surface area contributed by atoms with E-state index in [0.29, 0.717) is 11.2 Å². The molecule has 0 spiro atoms. The molecule has 2 aromatic carbocycles. The maximum Gasteiger partial charge on any atom is 0.275 e. The van der Waals surface area contributed by atoms with Crippen molar-refractivity contribution in [3.63, 3.8) is 0 Å². The van der Waals surface area contributed by atoms with Crippen LogP contribution in [0.2, 0.25) is 0 Å². The van der Waals surface area contributed by atoms with Gasteiger partial charge in [-0.15, -0.1) is 0 Å². The molecule has 1 aromatic heterocycles. The Balaban J connectivity index is 1.53. The van der Waals surface area contributed by atoms with Crippen LogP contribution in [0.3, 0.4) is 0 Å². The van der Waals surface area contributed by atoms with Gasteiger partial charge in [0.2, 0.25) is 0 Å². The number of anilines is 1. The first-order chi connectivity index (χ1) is 12.8. The van der Waals surface area contributed by atoms with Gasteiger partial charge in [-0.05, 0) is 23.8 Å². The third-order valence-corrected chi connectivity index (χ3v) is 4.44. The molecule has 0 radical (unpaired) electrons. The molecule has 1 aliphatic heterocycles. The van der Waals surface area contributed by atoms with Crippen LogP contribution in [0, 0.1) is 0 Å². The standard InChI is InChI=1S/C20H20N4O2/c25-20(19-13-21-17-7-3-4-8-18(17)22-19)23-16-6-2-1-5-15(16)14-24-9-11-26-12-10-24/h1-8,13H,9-12,14H2,(H,23,25). The van der Waals surface area contributed by atoms with Crippen LogP contribution in [-0.2, 0) is 11.3 Å². The van der Waals surface area contributed by atoms with Crippen molar-refractivity contribution in [2.45, 2.75) is 6.54 Å². The van der Waals surface area contributed by atoms with E-state index in [1.54, 1.807) is 0 Å². The van der Waals surface area contributed by atoms with Crippen molar-refractivity contribution >= 4 is 22.6 Å². The lowest BCUT2D eigenvalue weighted by Gasteiger charge is -2.27. The molecule has 132 valence electrons. The summed E-state index contributed by atoms with van der Waals surface area (Å²) in [5.41, 5.74) is 3.68. The van der Waals surface area contributed by atoms with E-state index in [-0.39, 0.29) is 5.91 Å². The first-order valence-corrected chi connectivity index (χ1v) is 8.71. The molecule has 0 bridgehead atoms. The topological polar surface area (TPSA) is 67.4 Å². The lowest BCUT2D eigenvalue weighted by atomic mass is 10.1. The molecule has 1 N–H and O–H groups in total. The van der Waals surface area contributed by atoms with E-state index in [4.69, 9.17) is 4.74 Å². The summed E-state index contributed by atoms with van der Waals surface area (Å²) in [7, 11) is 0. The summed E-state index contributed by atoms with van der Waals surface area (Å²) in [6, 6.07) is 15.4. The molecular formula is C20H20N4O2. The molecule has 0 atom stereocenters. The Morgan fingerprint density at radius 3 is 2.62 bits per heavy atom. The van der Waals surface area contributed by atoms with Crippen molar-refractivity contribution in [3.05, 3.63) is 66.0 Å². The van der Waals surface area contributed by atoms with Crippen molar-refractivity contribution < 1.29 is 9.53 Å². The summed E-state index contributed by atoms with van der Waals surface area (Å²) in [4.78, 5) is 23.7. The molecule has 1 saturated heterocycles. The Bertz CT molecular complexity index is 922. The SMILES string of the molecule is O=C(Nc1ccccc1CN1CCOCC1)c1cnc2ccccc2n1. The minimum atomic E-state index is -0.252. The van der Waals surface area contributed by atoms with E-state index < -0.39 is 0 Å². The fourth-order valence-corrected chi connectivity index (χ4v) is 3.03. The van der Waals surface area contributed by atoms with E-state index in [1.807, 2.05) is 48.5 Å². The van der Waals surface area contributed by atoms with Crippen LogP contribution in [0.1, 0.15) is 16.1 Å². The molecule has 2 heterocycles. The van der Waals surface area contributed by atoms with Crippen molar-refractivity contribution in [2.75, 3.05) is 31.6 Å². The zero-order chi connectivity index (χ0) is 17.8. The number of hydrogen-bond acceptors (Lipinski definition) is 5. The summed E-state index contributed by atoms with van der Waals surface area (Å²) in [5.74, 6) is -0.252. The Hall–Kier alpha value is -2.83. The van der Waals surface area contributed by atoms with Gasteiger partial charge in [0.1, 0.15) is 5.69 Å². The van der Waals surface area contributed by atoms with Gasteiger partial charge in [0.05, 0.1) is 30.4 Å². The number of rotatable bonds is 4. The Morgan fingerprint density at radius 2 is 1.77 bits per heavy atom. The largest absolute Gasteiger partial charge is 0.379 e. The van der Waals surface area contributed by atoms with Crippen LogP contribution in [-0.4, -0.2) is 47.1 Å². The predicted molar refractivity (Wildman–Crippen MR) is 100 cm³/mol. The molecule has 6 nitrogen and oxygen atoms in total. The highest BCUT2D eigenvalue weighted by Gasteiger charge is 2.15. The zero-order valence-electron chi connectivity index (χ0n) is 14.4. The fourth-order valence-electron chi connectivity index (χ4n) is 3.03. The molecule has 26 heavy (non-hydrogen) atoms. The second-order valence-corrected chi connectivity index (χ2v) is 6.24. The molecule has 4 rings (SSSR count). The van der Waals surface area contributed by atoms with Gasteiger partial charge in [0, 0.05) is 25.3 Å². The van der Waals surface area contributed by atoms with Crippen LogP contribution >= 0.6 is 0 Å². The number of hydrogen-bond donors (Lipinski definition) is 1. The van der Waals surface area contributed by atoms with Crippen LogP contribution in [0.5, 0.6) is 0 Å². The van der Waals surface area contributed by atoms with E-state index in [2.05, 4.69) is 20.2 Å². The molecule has 6 heteroatoms. The average Bonchev–Trinajstić information content (AvgIpc) is 2.70. The number of fused-ring (bicyclic) bond motifs is 1. The van der Waals surface area contributed by atoms with Gasteiger partial charge in [0.15, 0.2) is 0 Å². The summed E-state index contributed by atoms with van der Waals surface area (Å²) in [5, 5.41) is 2.98. The Labute approximate surface area is 151 Å². The highest BCUT2D eigenvalue weighted by molar-refractivity contribution is 6.03. The van der Waals surface area contributed by atoms with Gasteiger partial charge in [-0.2, -0.15) is 0 Å². The van der Waals surface area contributed by atoms with Crippen molar-refractivity contribution in [2.24, 2.45) is 0 Å². The van der Waals surface area contributed by atoms with Crippen molar-refractivity contribution in [1.82, 2.24) is 14.9 Å². The van der Waals surface area contributed by atoms with E-state index in [0.717, 1.165) is 49.6 Å². The third kappa shape index (κ3) is 3.71. The first-order valence-electron chi connectivity index (χ1n) is 8.71. The molecule has 1 fully saturated rings. The predicted octanol–water partition coefficient (Wildman–Crippen LogP) is 2.71. The number of carbonyl (C=O) groups excluding carboxylic acids is 1. The fraction of sp³-hybridized carbons (Fsp3) is 0.250. The molecule has 0 aliphatic carbocycles. The molecule has 0 unspecified atom stereocenters. The average molecular weight is 348 g/mol. The number of morpholine rings is 1. The monoisotopic (exact) mass is 348 g/mol. The third-order valence-electron chi connectivity index (χ3n) is 4.44. The highest BCUT2D eigenvalue weighted by Crippen LogP contribution is 2.19. The maximum absolute atomic E-state index is 12.7. The Kier molecular flexibility index (Phi) is 4.86. The van der Waals surface area contributed by atoms with Crippen LogP contribution < -0.4 is 5.32 Å². The van der Waals surface area contributed by atoms with Gasteiger partial charge < -0.3 is 10.1 Å². The quantitative estimate of drug-likeness (QED) is 0.785. The lowest BCUT2D eigenvalue weighted by Crippen LogP contribution is -2.35. The van der Waals surface area contributed by atoms with E-state index in [9.17, 15) is 4.79 Å². The van der Waals surface area contributed by atoms with Crippen LogP contribution in [0.4, 0.5) is 5.69 Å². The number of nitrogens with zero attached hydrogens (tertiary/aromatic N) is 3. The summed E-state index contributed by atoms with van der Waals surface area (Å²) in [6.07, 6.45) is 1.52. The number of carbonyl (C=O) groups is 1. The van der Waals surface area contributed by atoms with Crippen molar-refractivity contribution in [3.8, 4) is 0 Å². The number of nitrogens with one attached hydrogen (secondary N) is 1. The lowest BCUT2D eigenvalue weighted by molar-refractivity contribution is 0.0342. The summed E-state index contributed by atoms with van der Waals surface area (Å²) >= 11 is 0. The second-order valence-electron chi connectivity index (χ2n) is 6.24. The number of para-hydroxylation sites is 3. The highest BCUT2D eigenvalue weighted by atomic mass is 16.5. The number of aromatic nitrogens is 2.